The summed E-state index contributed by atoms with van der Waals surface area (Å²) in [6, 6.07) is 0. The van der Waals surface area contributed by atoms with Crippen molar-refractivity contribution in [2.24, 2.45) is 5.92 Å². The number of unbranched alkanes of at least 4 members (excludes halogenated alkanes) is 28. The second-order valence-corrected chi connectivity index (χ2v) is 14.7. The monoisotopic (exact) mass is 637 g/mol. The van der Waals surface area contributed by atoms with E-state index in [2.05, 4.69) is 13.8 Å². The van der Waals surface area contributed by atoms with Crippen molar-refractivity contribution in [1.29, 1.82) is 0 Å². The molecule has 268 valence electrons. The van der Waals surface area contributed by atoms with Gasteiger partial charge in [0.05, 0.1) is 7.05 Å². The maximum absolute atomic E-state index is 13.1. The van der Waals surface area contributed by atoms with Crippen molar-refractivity contribution in [2.45, 2.75) is 226 Å². The molecule has 0 aromatic heterocycles. The van der Waals surface area contributed by atoms with Gasteiger partial charge in [-0.05, 0) is 19.8 Å². The summed E-state index contributed by atoms with van der Waals surface area (Å²) in [5.41, 5.74) is 0. The highest BCUT2D eigenvalue weighted by atomic mass is 16.5. The Bertz CT molecular complexity index is 601. The number of nitrogens with zero attached hydrogens (tertiary/aromatic N) is 1. The minimum absolute atomic E-state index is 0.0579. The Morgan fingerprint density at radius 2 is 0.644 bits per heavy atom. The van der Waals surface area contributed by atoms with Gasteiger partial charge < -0.3 is 0 Å². The predicted octanol–water partition coefficient (Wildman–Crippen LogP) is 13.1. The third-order valence-corrected chi connectivity index (χ3v) is 10.1. The molecular weight excluding hydrogens is 554 g/mol. The van der Waals surface area contributed by atoms with E-state index in [0.29, 0.717) is 19.4 Å². The normalized spacial score (nSPS) is 13.0. The number of Topliss-reactive ketones (excluding diaryl/α,β-unsaturated/α-hetero) is 2. The molecule has 0 saturated heterocycles. The number of ketones is 2. The van der Waals surface area contributed by atoms with Crippen LogP contribution in [0.15, 0.2) is 0 Å². The second-order valence-electron chi connectivity index (χ2n) is 14.7. The second kappa shape index (κ2) is 33.2. The van der Waals surface area contributed by atoms with Crippen molar-refractivity contribution in [3.8, 4) is 0 Å². The molecule has 1 N–H and O–H groups in total. The smallest absolute Gasteiger partial charge is 0.149 e. The van der Waals surface area contributed by atoms with E-state index in [0.717, 1.165) is 25.7 Å². The van der Waals surface area contributed by atoms with E-state index in [4.69, 9.17) is 0 Å². The van der Waals surface area contributed by atoms with Crippen LogP contribution in [0.3, 0.4) is 0 Å². The Kier molecular flexibility index (Phi) is 32.6. The van der Waals surface area contributed by atoms with Crippen LogP contribution in [0.4, 0.5) is 0 Å². The minimum atomic E-state index is -0.641. The summed E-state index contributed by atoms with van der Waals surface area (Å²) in [6.07, 6.45) is 40.1. The standard InChI is InChI=1S/C41H82NO3/c1-5-8-10-12-14-16-18-20-22-24-26-28-30-32-34-36-40(43)39(38-42(4,45)7-3)41(44)37-35-33-31-29-27-25-23-21-19-17-15-13-11-9-6-2/h39,45H,5-38H2,1-4H3/q+1. The van der Waals surface area contributed by atoms with Crippen molar-refractivity contribution < 1.29 is 19.4 Å². The molecule has 0 radical (unpaired) electrons. The third kappa shape index (κ3) is 30.3. The fraction of sp³-hybridized carbons (Fsp3) is 0.951. The first-order chi connectivity index (χ1) is 21.9. The molecule has 0 aliphatic rings. The van der Waals surface area contributed by atoms with Crippen LogP contribution in [-0.4, -0.2) is 41.6 Å². The van der Waals surface area contributed by atoms with E-state index in [1.807, 2.05) is 6.92 Å². The molecule has 0 amide bonds. The summed E-state index contributed by atoms with van der Waals surface area (Å²) in [5.74, 6) is -0.525. The SMILES string of the molecule is CCCCCCCCCCCCCCCCCC(=O)C(C[N+](C)(O)CC)C(=O)CCCCCCCCCCCCCCCCC. The Morgan fingerprint density at radius 3 is 0.867 bits per heavy atom. The van der Waals surface area contributed by atoms with Gasteiger partial charge in [0.2, 0.25) is 0 Å². The molecule has 1 unspecified atom stereocenters. The van der Waals surface area contributed by atoms with Gasteiger partial charge in [0.25, 0.3) is 0 Å². The molecule has 0 fully saturated rings. The van der Waals surface area contributed by atoms with E-state index in [-0.39, 0.29) is 22.8 Å². The van der Waals surface area contributed by atoms with Crippen molar-refractivity contribution in [1.82, 2.24) is 0 Å². The van der Waals surface area contributed by atoms with E-state index in [1.165, 1.54) is 167 Å². The van der Waals surface area contributed by atoms with Crippen molar-refractivity contribution in [2.75, 3.05) is 20.1 Å². The molecule has 0 aromatic carbocycles. The molecule has 0 bridgehead atoms. The van der Waals surface area contributed by atoms with Gasteiger partial charge in [-0.3, -0.25) is 9.59 Å². The van der Waals surface area contributed by atoms with Crippen LogP contribution >= 0.6 is 0 Å². The molecule has 0 aliphatic carbocycles. The van der Waals surface area contributed by atoms with Crippen LogP contribution in [0.2, 0.25) is 0 Å². The summed E-state index contributed by atoms with van der Waals surface area (Å²) in [5, 5.41) is 10.6. The van der Waals surface area contributed by atoms with Gasteiger partial charge in [-0.2, -0.15) is 4.65 Å². The predicted molar refractivity (Wildman–Crippen MR) is 196 cm³/mol. The van der Waals surface area contributed by atoms with E-state index >= 15 is 0 Å². The topological polar surface area (TPSA) is 54.4 Å². The number of hydrogen-bond donors (Lipinski definition) is 1. The minimum Gasteiger partial charge on any atom is -0.299 e. The zero-order valence-corrected chi connectivity index (χ0v) is 31.3. The van der Waals surface area contributed by atoms with Crippen LogP contribution in [0.1, 0.15) is 226 Å². The first kappa shape index (κ1) is 44.3. The summed E-state index contributed by atoms with van der Waals surface area (Å²) in [6.45, 7) is 7.21. The Labute approximate surface area is 282 Å². The van der Waals surface area contributed by atoms with Gasteiger partial charge in [-0.1, -0.05) is 194 Å². The van der Waals surface area contributed by atoms with Crippen LogP contribution < -0.4 is 0 Å². The number of quaternary nitrogens is 1. The fourth-order valence-electron chi connectivity index (χ4n) is 6.60. The molecule has 0 rings (SSSR count). The van der Waals surface area contributed by atoms with Crippen molar-refractivity contribution in [3.05, 3.63) is 0 Å². The average molecular weight is 637 g/mol. The molecule has 0 heterocycles. The van der Waals surface area contributed by atoms with Crippen LogP contribution in [0.25, 0.3) is 0 Å². The average Bonchev–Trinajstić information content (AvgIpc) is 3.03. The lowest BCUT2D eigenvalue weighted by atomic mass is 9.91. The number of hydroxylamine groups is 3. The highest BCUT2D eigenvalue weighted by Gasteiger charge is 2.33. The zero-order chi connectivity index (χ0) is 33.3. The van der Waals surface area contributed by atoms with Gasteiger partial charge >= 0.3 is 0 Å². The maximum Gasteiger partial charge on any atom is 0.149 e. The molecule has 1 atom stereocenters. The number of rotatable bonds is 37. The van der Waals surface area contributed by atoms with Gasteiger partial charge in [0.1, 0.15) is 30.6 Å². The van der Waals surface area contributed by atoms with Crippen LogP contribution in [0, 0.1) is 5.92 Å². The molecular formula is C41H82NO3+. The highest BCUT2D eigenvalue weighted by molar-refractivity contribution is 6.02. The van der Waals surface area contributed by atoms with Crippen molar-refractivity contribution in [3.63, 3.8) is 0 Å². The number of carbonyl (C=O) groups is 2. The lowest BCUT2D eigenvalue weighted by molar-refractivity contribution is -1.09. The molecule has 0 saturated carbocycles. The molecule has 0 aliphatic heterocycles. The molecule has 4 heteroatoms. The van der Waals surface area contributed by atoms with Crippen LogP contribution in [-0.2, 0) is 9.59 Å². The summed E-state index contributed by atoms with van der Waals surface area (Å²) in [4.78, 5) is 26.3. The van der Waals surface area contributed by atoms with E-state index < -0.39 is 5.92 Å². The highest BCUT2D eigenvalue weighted by Crippen LogP contribution is 2.19. The first-order valence-electron chi connectivity index (χ1n) is 20.5. The lowest BCUT2D eigenvalue weighted by Crippen LogP contribution is -2.47. The van der Waals surface area contributed by atoms with E-state index in [9.17, 15) is 14.8 Å². The number of hydrogen-bond acceptors (Lipinski definition) is 3. The van der Waals surface area contributed by atoms with Gasteiger partial charge in [0.15, 0.2) is 0 Å². The molecule has 45 heavy (non-hydrogen) atoms. The fourth-order valence-corrected chi connectivity index (χ4v) is 6.60. The molecule has 0 aromatic rings. The summed E-state index contributed by atoms with van der Waals surface area (Å²) < 4.78 is -0.250. The Morgan fingerprint density at radius 1 is 0.422 bits per heavy atom. The first-order valence-corrected chi connectivity index (χ1v) is 20.5. The third-order valence-electron chi connectivity index (χ3n) is 10.1. The van der Waals surface area contributed by atoms with Gasteiger partial charge in [-0.25, -0.2) is 5.21 Å². The van der Waals surface area contributed by atoms with Gasteiger partial charge in [0, 0.05) is 12.8 Å². The van der Waals surface area contributed by atoms with Crippen LogP contribution in [0.5, 0.6) is 0 Å². The molecule has 4 nitrogen and oxygen atoms in total. The number of carbonyl (C=O) groups excluding carboxylic acids is 2. The van der Waals surface area contributed by atoms with Crippen molar-refractivity contribution >= 4 is 11.6 Å². The largest absolute Gasteiger partial charge is 0.299 e. The van der Waals surface area contributed by atoms with Gasteiger partial charge in [-0.15, -0.1) is 0 Å². The zero-order valence-electron chi connectivity index (χ0n) is 31.3. The Hall–Kier alpha value is -0.740. The maximum atomic E-state index is 13.1. The lowest BCUT2D eigenvalue weighted by Gasteiger charge is -2.27. The van der Waals surface area contributed by atoms with E-state index in [1.54, 1.807) is 7.05 Å². The summed E-state index contributed by atoms with van der Waals surface area (Å²) in [7, 11) is 1.72. The Balaban J connectivity index is 3.97. The summed E-state index contributed by atoms with van der Waals surface area (Å²) >= 11 is 0. The molecule has 0 spiro atoms. The quantitative estimate of drug-likeness (QED) is 0.0319.